The minimum atomic E-state index is 0.377. The van der Waals surface area contributed by atoms with Gasteiger partial charge in [-0.1, -0.05) is 62.1 Å². The average molecular weight is 456 g/mol. The lowest BCUT2D eigenvalue weighted by atomic mass is 9.97. The number of carbonyl (C=O) groups excluding carboxylic acids is 2. The number of benzene rings is 1. The van der Waals surface area contributed by atoms with E-state index in [2.05, 4.69) is 10.2 Å². The number of hydrogen-bond acceptors (Lipinski definition) is 3. The monoisotopic (exact) mass is 455 g/mol. The highest BCUT2D eigenvalue weighted by molar-refractivity contribution is 5.76. The summed E-state index contributed by atoms with van der Waals surface area (Å²) in [6, 6.07) is 13.1. The maximum absolute atomic E-state index is 11.7. The van der Waals surface area contributed by atoms with Crippen molar-refractivity contribution in [3.8, 4) is 0 Å². The molecule has 2 atom stereocenters. The molecule has 1 N–H and O–H groups in total. The van der Waals surface area contributed by atoms with Crippen LogP contribution in [0, 0.1) is 0 Å². The fraction of sp³-hybridized carbons (Fsp3) is 0.714. The third kappa shape index (κ3) is 8.13. The van der Waals surface area contributed by atoms with E-state index in [0.29, 0.717) is 23.5 Å². The molecule has 2 saturated carbocycles. The summed E-state index contributed by atoms with van der Waals surface area (Å²) in [6.07, 6.45) is 18.5. The molecule has 1 aromatic carbocycles. The van der Waals surface area contributed by atoms with Gasteiger partial charge in [-0.05, 0) is 64.8 Å². The van der Waals surface area contributed by atoms with E-state index in [0.717, 1.165) is 45.2 Å². The molecule has 6 rings (SSSR count). The Morgan fingerprint density at radius 1 is 0.848 bits per heavy atom. The molecule has 184 valence electrons. The third-order valence-electron chi connectivity index (χ3n) is 7.88. The lowest BCUT2D eigenvalue weighted by Crippen LogP contribution is -2.42. The molecule has 3 saturated heterocycles. The van der Waals surface area contributed by atoms with Gasteiger partial charge in [-0.2, -0.15) is 0 Å². The minimum Gasteiger partial charge on any atom is -0.340 e. The van der Waals surface area contributed by atoms with Crippen LogP contribution in [-0.2, 0) is 9.59 Å². The predicted octanol–water partition coefficient (Wildman–Crippen LogP) is 5.16. The second-order valence-corrected chi connectivity index (χ2v) is 10.2. The van der Waals surface area contributed by atoms with Crippen molar-refractivity contribution in [1.82, 2.24) is 15.1 Å². The highest BCUT2D eigenvalue weighted by atomic mass is 16.2. The van der Waals surface area contributed by atoms with Gasteiger partial charge in [0.1, 0.15) is 0 Å². The van der Waals surface area contributed by atoms with Crippen molar-refractivity contribution in [3.05, 3.63) is 36.4 Å². The fourth-order valence-corrected chi connectivity index (χ4v) is 5.20. The topological polar surface area (TPSA) is 52.7 Å². The first kappa shape index (κ1) is 25.7. The average Bonchev–Trinajstić information content (AvgIpc) is 3.24. The number of amides is 2. The van der Waals surface area contributed by atoms with E-state index in [-0.39, 0.29) is 0 Å². The van der Waals surface area contributed by atoms with E-state index in [1.807, 2.05) is 48.3 Å². The summed E-state index contributed by atoms with van der Waals surface area (Å²) in [4.78, 5) is 26.2. The number of rotatable bonds is 2. The van der Waals surface area contributed by atoms with Crippen molar-refractivity contribution < 1.29 is 9.59 Å². The minimum absolute atomic E-state index is 0.377. The molecular formula is C28H45N3O2. The first-order chi connectivity index (χ1) is 16.2. The van der Waals surface area contributed by atoms with Gasteiger partial charge in [0.15, 0.2) is 0 Å². The van der Waals surface area contributed by atoms with Crippen LogP contribution in [0.5, 0.6) is 0 Å². The molecule has 2 amide bonds. The van der Waals surface area contributed by atoms with Gasteiger partial charge in [0.05, 0.1) is 0 Å². The van der Waals surface area contributed by atoms with Crippen LogP contribution in [-0.4, -0.2) is 59.9 Å². The Labute approximate surface area is 201 Å². The Bertz CT molecular complexity index is 657. The number of nitrogens with zero attached hydrogens (tertiary/aromatic N) is 2. The van der Waals surface area contributed by atoms with Crippen LogP contribution in [0.4, 0.5) is 0 Å². The predicted molar refractivity (Wildman–Crippen MR) is 135 cm³/mol. The fourth-order valence-electron chi connectivity index (χ4n) is 5.20. The molecular weight excluding hydrogens is 410 g/mol. The second kappa shape index (κ2) is 13.7. The molecule has 1 spiro atoms. The second-order valence-electron chi connectivity index (χ2n) is 10.2. The van der Waals surface area contributed by atoms with Crippen molar-refractivity contribution in [1.29, 1.82) is 0 Å². The molecule has 33 heavy (non-hydrogen) atoms. The highest BCUT2D eigenvalue weighted by Gasteiger charge is 2.50. The van der Waals surface area contributed by atoms with Crippen LogP contribution in [0.25, 0.3) is 0 Å². The van der Waals surface area contributed by atoms with Gasteiger partial charge in [0, 0.05) is 37.1 Å². The van der Waals surface area contributed by atoms with Crippen molar-refractivity contribution in [2.24, 2.45) is 0 Å². The lowest BCUT2D eigenvalue weighted by Gasteiger charge is -2.31. The Balaban J connectivity index is 0.000000137. The number of carbonyl (C=O) groups is 2. The number of nitrogens with one attached hydrogen (secondary N) is 1. The smallest absolute Gasteiger partial charge is 0.222 e. The molecule has 5 nitrogen and oxygen atoms in total. The summed E-state index contributed by atoms with van der Waals surface area (Å²) in [7, 11) is 2.04. The van der Waals surface area contributed by atoms with Gasteiger partial charge in [0.25, 0.3) is 0 Å². The molecule has 1 unspecified atom stereocenters. The summed E-state index contributed by atoms with van der Waals surface area (Å²) in [5, 5.41) is 3.36. The molecule has 2 aliphatic carbocycles. The van der Waals surface area contributed by atoms with Crippen molar-refractivity contribution in [2.75, 3.05) is 20.1 Å². The van der Waals surface area contributed by atoms with E-state index in [4.69, 9.17) is 0 Å². The number of hydrogen-bond donors (Lipinski definition) is 1. The van der Waals surface area contributed by atoms with E-state index < -0.39 is 0 Å². The lowest BCUT2D eigenvalue weighted by molar-refractivity contribution is -0.132. The van der Waals surface area contributed by atoms with Crippen LogP contribution in [0.15, 0.2) is 36.4 Å². The zero-order valence-electron chi connectivity index (χ0n) is 20.7. The molecule has 0 aromatic heterocycles. The van der Waals surface area contributed by atoms with E-state index in [9.17, 15) is 9.59 Å². The van der Waals surface area contributed by atoms with Gasteiger partial charge in [0.2, 0.25) is 12.3 Å². The quantitative estimate of drug-likeness (QED) is 0.627. The van der Waals surface area contributed by atoms with Crippen molar-refractivity contribution in [2.45, 2.75) is 108 Å². The van der Waals surface area contributed by atoms with Crippen molar-refractivity contribution >= 4 is 12.3 Å². The Morgan fingerprint density at radius 3 is 1.97 bits per heavy atom. The Hall–Kier alpha value is -1.88. The SMILES string of the molecule is C1CCC1.CNC1CCCC(=O)N2CCC[C@@H]2C1.O=CN1CCCC12CC2.c1ccccc1. The molecule has 5 heteroatoms. The molecule has 5 aliphatic rings. The molecule has 3 heterocycles. The zero-order valence-corrected chi connectivity index (χ0v) is 20.7. The van der Waals surface area contributed by atoms with Gasteiger partial charge >= 0.3 is 0 Å². The van der Waals surface area contributed by atoms with Gasteiger partial charge in [-0.25, -0.2) is 0 Å². The summed E-state index contributed by atoms with van der Waals surface area (Å²) < 4.78 is 0. The Kier molecular flexibility index (Phi) is 10.7. The van der Waals surface area contributed by atoms with Gasteiger partial charge in [-0.15, -0.1) is 0 Å². The highest BCUT2D eigenvalue weighted by Crippen LogP contribution is 2.48. The maximum Gasteiger partial charge on any atom is 0.222 e. The van der Waals surface area contributed by atoms with Gasteiger partial charge in [-0.3, -0.25) is 9.59 Å². The molecule has 1 aromatic rings. The normalized spacial score (nSPS) is 26.6. The van der Waals surface area contributed by atoms with Crippen LogP contribution >= 0.6 is 0 Å². The van der Waals surface area contributed by atoms with Crippen LogP contribution in [0.2, 0.25) is 0 Å². The molecule has 0 bridgehead atoms. The number of likely N-dealkylation sites (tertiary alicyclic amines) is 1. The largest absolute Gasteiger partial charge is 0.340 e. The first-order valence-corrected chi connectivity index (χ1v) is 13.4. The summed E-state index contributed by atoms with van der Waals surface area (Å²) in [5.74, 6) is 0.391. The number of fused-ring (bicyclic) bond motifs is 1. The summed E-state index contributed by atoms with van der Waals surface area (Å²) in [5.41, 5.74) is 0.377. The maximum atomic E-state index is 11.7. The van der Waals surface area contributed by atoms with Crippen molar-refractivity contribution in [3.63, 3.8) is 0 Å². The van der Waals surface area contributed by atoms with Crippen LogP contribution < -0.4 is 5.32 Å². The van der Waals surface area contributed by atoms with E-state index in [1.165, 1.54) is 64.2 Å². The third-order valence-corrected chi connectivity index (χ3v) is 7.88. The van der Waals surface area contributed by atoms with E-state index in [1.54, 1.807) is 0 Å². The van der Waals surface area contributed by atoms with Crippen LogP contribution in [0.3, 0.4) is 0 Å². The molecule has 5 fully saturated rings. The molecule has 3 aliphatic heterocycles. The Morgan fingerprint density at radius 2 is 1.48 bits per heavy atom. The standard InChI is InChI=1S/C11H20N2O.C7H11NO.C6H6.C4H8/c1-12-9-4-2-6-11(14)13-7-3-5-10(13)8-9;9-6-8-5-1-2-7(8)3-4-7;1-2-4-6-5-3-1;1-2-4-3-1/h9-10,12H,2-8H2,1H3;6H,1-5H2;1-6H;1-4H2/t9?,10-;;;/m1.../s1. The van der Waals surface area contributed by atoms with Gasteiger partial charge < -0.3 is 15.1 Å². The zero-order chi connectivity index (χ0) is 23.4. The van der Waals surface area contributed by atoms with E-state index >= 15 is 0 Å². The summed E-state index contributed by atoms with van der Waals surface area (Å²) in [6.45, 7) is 2.00. The molecule has 0 radical (unpaired) electrons. The summed E-state index contributed by atoms with van der Waals surface area (Å²) >= 11 is 0. The van der Waals surface area contributed by atoms with Crippen LogP contribution in [0.1, 0.15) is 89.9 Å². The first-order valence-electron chi connectivity index (χ1n) is 13.4.